The summed E-state index contributed by atoms with van der Waals surface area (Å²) >= 11 is 0. The summed E-state index contributed by atoms with van der Waals surface area (Å²) < 4.78 is 0. The monoisotopic (exact) mass is 400 g/mol. The summed E-state index contributed by atoms with van der Waals surface area (Å²) in [7, 11) is 0. The van der Waals surface area contributed by atoms with Crippen LogP contribution in [0.4, 0.5) is 0 Å². The van der Waals surface area contributed by atoms with Gasteiger partial charge in [0.1, 0.15) is 0 Å². The molecule has 0 saturated heterocycles. The molecule has 3 aromatic carbocycles. The molecule has 3 aromatic rings. The SMILES string of the molecule is CCN(CC(=O)[C@H](Cc1ccccc1)NC(=O)c1ccccc1)Cc1ccccc1. The van der Waals surface area contributed by atoms with E-state index in [0.717, 1.165) is 12.1 Å². The van der Waals surface area contributed by atoms with Crippen molar-refractivity contribution >= 4 is 11.7 Å². The van der Waals surface area contributed by atoms with Gasteiger partial charge in [-0.15, -0.1) is 0 Å². The largest absolute Gasteiger partial charge is 0.342 e. The van der Waals surface area contributed by atoms with Gasteiger partial charge in [-0.1, -0.05) is 85.8 Å². The van der Waals surface area contributed by atoms with E-state index in [-0.39, 0.29) is 18.2 Å². The molecule has 0 aliphatic rings. The van der Waals surface area contributed by atoms with E-state index in [4.69, 9.17) is 0 Å². The predicted octanol–water partition coefficient (Wildman–Crippen LogP) is 4.12. The van der Waals surface area contributed by atoms with E-state index in [9.17, 15) is 9.59 Å². The van der Waals surface area contributed by atoms with Gasteiger partial charge in [0.2, 0.25) is 0 Å². The number of benzene rings is 3. The number of likely N-dealkylation sites (N-methyl/N-ethyl adjacent to an activating group) is 1. The number of carbonyl (C=O) groups is 2. The molecule has 0 fully saturated rings. The van der Waals surface area contributed by atoms with Crippen LogP contribution in [0.25, 0.3) is 0 Å². The third-order valence-electron chi connectivity index (χ3n) is 5.09. The lowest BCUT2D eigenvalue weighted by Crippen LogP contribution is -2.46. The number of hydrogen-bond acceptors (Lipinski definition) is 3. The molecule has 0 saturated carbocycles. The maximum Gasteiger partial charge on any atom is 0.251 e. The highest BCUT2D eigenvalue weighted by Gasteiger charge is 2.23. The summed E-state index contributed by atoms with van der Waals surface area (Å²) in [5.74, 6) is -0.211. The molecule has 4 heteroatoms. The molecule has 0 aliphatic heterocycles. The van der Waals surface area contributed by atoms with Gasteiger partial charge in [-0.2, -0.15) is 0 Å². The summed E-state index contributed by atoms with van der Waals surface area (Å²) in [4.78, 5) is 28.0. The first-order chi connectivity index (χ1) is 14.7. The zero-order chi connectivity index (χ0) is 21.2. The second-order valence-electron chi connectivity index (χ2n) is 7.34. The maximum absolute atomic E-state index is 13.2. The molecule has 4 nitrogen and oxygen atoms in total. The van der Waals surface area contributed by atoms with E-state index in [1.807, 2.05) is 73.7 Å². The van der Waals surface area contributed by atoms with Crippen LogP contribution in [0.1, 0.15) is 28.4 Å². The Hall–Kier alpha value is -3.24. The number of Topliss-reactive ketones (excluding diaryl/α,β-unsaturated/α-hetero) is 1. The van der Waals surface area contributed by atoms with Crippen molar-refractivity contribution in [2.75, 3.05) is 13.1 Å². The first-order valence-electron chi connectivity index (χ1n) is 10.3. The Morgan fingerprint density at radius 3 is 1.90 bits per heavy atom. The van der Waals surface area contributed by atoms with E-state index in [1.165, 1.54) is 5.56 Å². The van der Waals surface area contributed by atoms with Crippen LogP contribution in [0.15, 0.2) is 91.0 Å². The summed E-state index contributed by atoms with van der Waals surface area (Å²) in [6, 6.07) is 28.4. The van der Waals surface area contributed by atoms with Crippen molar-refractivity contribution in [2.45, 2.75) is 25.9 Å². The molecule has 0 radical (unpaired) electrons. The molecular formula is C26H28N2O2. The van der Waals surface area contributed by atoms with E-state index >= 15 is 0 Å². The Labute approximate surface area is 178 Å². The average molecular weight is 401 g/mol. The standard InChI is InChI=1S/C26H28N2O2/c1-2-28(19-22-14-8-4-9-15-22)20-25(29)24(18-21-12-6-3-7-13-21)27-26(30)23-16-10-5-11-17-23/h3-17,24H,2,18-20H2,1H3,(H,27,30)/t24-/m0/s1. The van der Waals surface area contributed by atoms with Gasteiger partial charge in [-0.3, -0.25) is 14.5 Å². The van der Waals surface area contributed by atoms with Crippen LogP contribution in [0.3, 0.4) is 0 Å². The highest BCUT2D eigenvalue weighted by Crippen LogP contribution is 2.09. The van der Waals surface area contributed by atoms with Crippen molar-refractivity contribution < 1.29 is 9.59 Å². The predicted molar refractivity (Wildman–Crippen MR) is 120 cm³/mol. The molecule has 1 N–H and O–H groups in total. The topological polar surface area (TPSA) is 49.4 Å². The Kier molecular flexibility index (Phi) is 7.93. The van der Waals surface area contributed by atoms with Gasteiger partial charge >= 0.3 is 0 Å². The van der Waals surface area contributed by atoms with Crippen LogP contribution in [0.5, 0.6) is 0 Å². The molecule has 0 aliphatic carbocycles. The molecule has 154 valence electrons. The summed E-state index contributed by atoms with van der Waals surface area (Å²) in [5.41, 5.74) is 2.75. The van der Waals surface area contributed by atoms with E-state index in [1.54, 1.807) is 12.1 Å². The molecule has 1 atom stereocenters. The number of hydrogen-bond donors (Lipinski definition) is 1. The number of nitrogens with one attached hydrogen (secondary N) is 1. The number of ketones is 1. The number of nitrogens with zero attached hydrogens (tertiary/aromatic N) is 1. The quantitative estimate of drug-likeness (QED) is 0.557. The summed E-state index contributed by atoms with van der Waals surface area (Å²) in [5, 5.41) is 2.96. The molecule has 0 spiro atoms. The van der Waals surface area contributed by atoms with Gasteiger partial charge < -0.3 is 5.32 Å². The van der Waals surface area contributed by atoms with Gasteiger partial charge in [0, 0.05) is 12.1 Å². The van der Waals surface area contributed by atoms with Crippen molar-refractivity contribution in [3.8, 4) is 0 Å². The van der Waals surface area contributed by atoms with Gasteiger partial charge in [0.25, 0.3) is 5.91 Å². The molecule has 30 heavy (non-hydrogen) atoms. The minimum atomic E-state index is -0.579. The lowest BCUT2D eigenvalue weighted by molar-refractivity contribution is -0.122. The van der Waals surface area contributed by atoms with Crippen LogP contribution in [0.2, 0.25) is 0 Å². The Bertz CT molecular complexity index is 927. The summed E-state index contributed by atoms with van der Waals surface area (Å²) in [6.45, 7) is 3.79. The molecule has 0 heterocycles. The van der Waals surface area contributed by atoms with Crippen LogP contribution >= 0.6 is 0 Å². The van der Waals surface area contributed by atoms with Crippen LogP contribution in [-0.2, 0) is 17.8 Å². The van der Waals surface area contributed by atoms with Gasteiger partial charge in [-0.05, 0) is 36.2 Å². The third-order valence-corrected chi connectivity index (χ3v) is 5.09. The fourth-order valence-electron chi connectivity index (χ4n) is 3.38. The summed E-state index contributed by atoms with van der Waals surface area (Å²) in [6.07, 6.45) is 0.473. The Morgan fingerprint density at radius 2 is 1.33 bits per heavy atom. The smallest absolute Gasteiger partial charge is 0.251 e. The minimum absolute atomic E-state index is 0.0147. The first kappa shape index (κ1) is 21.5. The Balaban J connectivity index is 1.72. The molecular weight excluding hydrogens is 372 g/mol. The van der Waals surface area contributed by atoms with Crippen molar-refractivity contribution in [1.82, 2.24) is 10.2 Å². The van der Waals surface area contributed by atoms with Gasteiger partial charge in [0.05, 0.1) is 12.6 Å². The van der Waals surface area contributed by atoms with E-state index in [2.05, 4.69) is 22.3 Å². The average Bonchev–Trinajstić information content (AvgIpc) is 2.80. The number of rotatable bonds is 10. The molecule has 3 rings (SSSR count). The first-order valence-corrected chi connectivity index (χ1v) is 10.3. The highest BCUT2D eigenvalue weighted by atomic mass is 16.2. The van der Waals surface area contributed by atoms with Crippen LogP contribution < -0.4 is 5.32 Å². The maximum atomic E-state index is 13.2. The molecule has 0 unspecified atom stereocenters. The Morgan fingerprint density at radius 1 is 0.800 bits per heavy atom. The lowest BCUT2D eigenvalue weighted by atomic mass is 10.0. The highest BCUT2D eigenvalue weighted by molar-refractivity contribution is 5.98. The van der Waals surface area contributed by atoms with E-state index in [0.29, 0.717) is 18.5 Å². The second kappa shape index (κ2) is 11.1. The number of carbonyl (C=O) groups excluding carboxylic acids is 2. The lowest BCUT2D eigenvalue weighted by Gasteiger charge is -2.24. The van der Waals surface area contributed by atoms with Crippen molar-refractivity contribution in [3.05, 3.63) is 108 Å². The van der Waals surface area contributed by atoms with Gasteiger partial charge in [-0.25, -0.2) is 0 Å². The fraction of sp³-hybridized carbons (Fsp3) is 0.231. The third kappa shape index (κ3) is 6.39. The molecule has 1 amide bonds. The molecule has 0 bridgehead atoms. The van der Waals surface area contributed by atoms with Crippen LogP contribution in [-0.4, -0.2) is 35.7 Å². The normalized spacial score (nSPS) is 11.8. The van der Waals surface area contributed by atoms with Gasteiger partial charge in [0.15, 0.2) is 5.78 Å². The van der Waals surface area contributed by atoms with Crippen molar-refractivity contribution in [3.63, 3.8) is 0 Å². The molecule has 0 aromatic heterocycles. The minimum Gasteiger partial charge on any atom is -0.342 e. The van der Waals surface area contributed by atoms with E-state index < -0.39 is 6.04 Å². The second-order valence-corrected chi connectivity index (χ2v) is 7.34. The van der Waals surface area contributed by atoms with Crippen molar-refractivity contribution in [1.29, 1.82) is 0 Å². The van der Waals surface area contributed by atoms with Crippen LogP contribution in [0, 0.1) is 0 Å². The number of amides is 1. The van der Waals surface area contributed by atoms with Crippen molar-refractivity contribution in [2.24, 2.45) is 0 Å². The zero-order valence-electron chi connectivity index (χ0n) is 17.3. The fourth-order valence-corrected chi connectivity index (χ4v) is 3.38. The zero-order valence-corrected chi connectivity index (χ0v) is 17.3.